The molecule has 0 aliphatic carbocycles. The Morgan fingerprint density at radius 1 is 1.10 bits per heavy atom. The van der Waals surface area contributed by atoms with Crippen molar-refractivity contribution >= 4 is 17.0 Å². The summed E-state index contributed by atoms with van der Waals surface area (Å²) < 4.78 is 36.6. The van der Waals surface area contributed by atoms with E-state index in [0.29, 0.717) is 17.4 Å². The summed E-state index contributed by atoms with van der Waals surface area (Å²) in [5, 5.41) is 18.6. The van der Waals surface area contributed by atoms with Crippen molar-refractivity contribution in [3.05, 3.63) is 65.6 Å². The molecule has 0 spiro atoms. The van der Waals surface area contributed by atoms with Gasteiger partial charge in [0.25, 0.3) is 0 Å². The standard InChI is InChI=1S/C19H13F2N7OS/c1-27-17(22-10-23-27)9-29-19-13(15-3-2-6-30-15)8-16-24-25-18(28(16)26-19)12-5-4-11(20)7-14(12)21/h2-8,10H,9H2,1H3. The Hall–Kier alpha value is -3.73. The third kappa shape index (κ3) is 3.18. The van der Waals surface area contributed by atoms with Crippen molar-refractivity contribution < 1.29 is 13.5 Å². The Morgan fingerprint density at radius 3 is 2.73 bits per heavy atom. The number of benzene rings is 1. The van der Waals surface area contributed by atoms with Crippen molar-refractivity contribution in [1.29, 1.82) is 0 Å². The number of halogens is 2. The summed E-state index contributed by atoms with van der Waals surface area (Å²) in [4.78, 5) is 5.07. The molecule has 1 aromatic carbocycles. The van der Waals surface area contributed by atoms with E-state index in [0.717, 1.165) is 22.6 Å². The van der Waals surface area contributed by atoms with Crippen LogP contribution in [0.1, 0.15) is 5.82 Å². The van der Waals surface area contributed by atoms with Crippen LogP contribution in [0.4, 0.5) is 8.78 Å². The van der Waals surface area contributed by atoms with E-state index in [1.807, 2.05) is 17.5 Å². The molecule has 0 bridgehead atoms. The van der Waals surface area contributed by atoms with Gasteiger partial charge in [0, 0.05) is 18.0 Å². The molecule has 4 heterocycles. The van der Waals surface area contributed by atoms with Gasteiger partial charge in [0.1, 0.15) is 24.6 Å². The van der Waals surface area contributed by atoms with Gasteiger partial charge in [0.15, 0.2) is 17.3 Å². The zero-order valence-corrected chi connectivity index (χ0v) is 16.3. The summed E-state index contributed by atoms with van der Waals surface area (Å²) >= 11 is 1.52. The van der Waals surface area contributed by atoms with Gasteiger partial charge < -0.3 is 4.74 Å². The molecule has 30 heavy (non-hydrogen) atoms. The molecular weight excluding hydrogens is 412 g/mol. The van der Waals surface area contributed by atoms with Crippen molar-refractivity contribution in [2.75, 3.05) is 0 Å². The molecule has 11 heteroatoms. The molecule has 0 N–H and O–H groups in total. The van der Waals surface area contributed by atoms with Crippen LogP contribution in [0.5, 0.6) is 5.88 Å². The molecule has 5 rings (SSSR count). The van der Waals surface area contributed by atoms with Crippen molar-refractivity contribution in [3.8, 4) is 27.7 Å². The number of nitrogens with zero attached hydrogens (tertiary/aromatic N) is 7. The first-order chi connectivity index (χ1) is 14.6. The van der Waals surface area contributed by atoms with Crippen molar-refractivity contribution in [2.45, 2.75) is 6.61 Å². The molecule has 0 aliphatic heterocycles. The van der Waals surface area contributed by atoms with Gasteiger partial charge in [-0.15, -0.1) is 26.6 Å². The van der Waals surface area contributed by atoms with E-state index in [9.17, 15) is 8.78 Å². The third-order valence-electron chi connectivity index (χ3n) is 4.46. The fraction of sp³-hybridized carbons (Fsp3) is 0.105. The van der Waals surface area contributed by atoms with Gasteiger partial charge in [-0.2, -0.15) is 9.61 Å². The number of thiophene rings is 1. The van der Waals surface area contributed by atoms with Crippen molar-refractivity contribution in [2.24, 2.45) is 7.05 Å². The average Bonchev–Trinajstić information content (AvgIpc) is 3.47. The van der Waals surface area contributed by atoms with Gasteiger partial charge in [0.2, 0.25) is 5.88 Å². The Bertz CT molecular complexity index is 1350. The summed E-state index contributed by atoms with van der Waals surface area (Å²) in [6.07, 6.45) is 1.44. The van der Waals surface area contributed by atoms with Gasteiger partial charge in [0.05, 0.1) is 11.1 Å². The van der Waals surface area contributed by atoms with Crippen LogP contribution in [0, 0.1) is 11.6 Å². The smallest absolute Gasteiger partial charge is 0.241 e. The molecule has 0 amide bonds. The van der Waals surface area contributed by atoms with Crippen LogP contribution in [0.25, 0.3) is 27.5 Å². The summed E-state index contributed by atoms with van der Waals surface area (Å²) in [5.74, 6) is -0.372. The third-order valence-corrected chi connectivity index (χ3v) is 5.36. The quantitative estimate of drug-likeness (QED) is 0.429. The molecular formula is C19H13F2N7OS. The molecule has 5 aromatic rings. The summed E-state index contributed by atoms with van der Waals surface area (Å²) in [7, 11) is 1.76. The number of ether oxygens (including phenoxy) is 1. The molecule has 0 radical (unpaired) electrons. The number of fused-ring (bicyclic) bond motifs is 1. The van der Waals surface area contributed by atoms with Crippen LogP contribution in [0.2, 0.25) is 0 Å². The highest BCUT2D eigenvalue weighted by Crippen LogP contribution is 2.34. The van der Waals surface area contributed by atoms with E-state index in [4.69, 9.17) is 4.74 Å². The number of hydrogen-bond acceptors (Lipinski definition) is 7. The second-order valence-corrected chi connectivity index (χ2v) is 7.29. The highest BCUT2D eigenvalue weighted by molar-refractivity contribution is 7.13. The Kier molecular flexibility index (Phi) is 4.43. The van der Waals surface area contributed by atoms with Gasteiger partial charge in [-0.3, -0.25) is 4.68 Å². The monoisotopic (exact) mass is 425 g/mol. The molecule has 0 saturated carbocycles. The molecule has 0 fully saturated rings. The van der Waals surface area contributed by atoms with E-state index in [1.165, 1.54) is 28.2 Å². The number of aromatic nitrogens is 7. The predicted octanol–water partition coefficient (Wildman–Crippen LogP) is 3.51. The van der Waals surface area contributed by atoms with E-state index in [1.54, 1.807) is 17.8 Å². The van der Waals surface area contributed by atoms with Gasteiger partial charge >= 0.3 is 0 Å². The molecule has 0 unspecified atom stereocenters. The number of hydrogen-bond donors (Lipinski definition) is 0. The second-order valence-electron chi connectivity index (χ2n) is 6.35. The lowest BCUT2D eigenvalue weighted by Gasteiger charge is -2.10. The second kappa shape index (κ2) is 7.26. The van der Waals surface area contributed by atoms with E-state index in [2.05, 4.69) is 25.4 Å². The maximum absolute atomic E-state index is 14.3. The van der Waals surface area contributed by atoms with Crippen molar-refractivity contribution in [3.63, 3.8) is 0 Å². The van der Waals surface area contributed by atoms with Crippen LogP contribution in [0.15, 0.2) is 48.1 Å². The van der Waals surface area contributed by atoms with E-state index < -0.39 is 11.6 Å². The van der Waals surface area contributed by atoms with Crippen molar-refractivity contribution in [1.82, 2.24) is 34.6 Å². The number of rotatable bonds is 5. The largest absolute Gasteiger partial charge is 0.468 e. The lowest BCUT2D eigenvalue weighted by molar-refractivity contribution is 0.276. The van der Waals surface area contributed by atoms with Crippen LogP contribution < -0.4 is 4.74 Å². The summed E-state index contributed by atoms with van der Waals surface area (Å²) in [6.45, 7) is 0.135. The fourth-order valence-corrected chi connectivity index (χ4v) is 3.69. The topological polar surface area (TPSA) is 83.0 Å². The maximum Gasteiger partial charge on any atom is 0.241 e. The minimum absolute atomic E-state index is 0.0829. The van der Waals surface area contributed by atoms with E-state index in [-0.39, 0.29) is 18.0 Å². The molecule has 4 aromatic heterocycles. The van der Waals surface area contributed by atoms with Crippen LogP contribution in [0.3, 0.4) is 0 Å². The summed E-state index contributed by atoms with van der Waals surface area (Å²) in [6, 6.07) is 8.87. The highest BCUT2D eigenvalue weighted by Gasteiger charge is 2.19. The van der Waals surface area contributed by atoms with Gasteiger partial charge in [-0.1, -0.05) is 6.07 Å². The molecule has 0 saturated heterocycles. The minimum atomic E-state index is -0.755. The average molecular weight is 425 g/mol. The lowest BCUT2D eigenvalue weighted by Crippen LogP contribution is -2.08. The molecule has 0 aliphatic rings. The Balaban J connectivity index is 1.63. The Morgan fingerprint density at radius 2 is 2.00 bits per heavy atom. The normalized spacial score (nSPS) is 11.3. The summed E-state index contributed by atoms with van der Waals surface area (Å²) in [5.41, 5.74) is 1.21. The first-order valence-electron chi connectivity index (χ1n) is 8.81. The predicted molar refractivity (Wildman–Crippen MR) is 105 cm³/mol. The molecule has 0 atom stereocenters. The SMILES string of the molecule is Cn1ncnc1COc1nn2c(-c3ccc(F)cc3F)nnc2cc1-c1cccs1. The minimum Gasteiger partial charge on any atom is -0.468 e. The van der Waals surface area contributed by atoms with E-state index >= 15 is 0 Å². The maximum atomic E-state index is 14.3. The highest BCUT2D eigenvalue weighted by atomic mass is 32.1. The lowest BCUT2D eigenvalue weighted by atomic mass is 10.2. The van der Waals surface area contributed by atoms with Gasteiger partial charge in [-0.25, -0.2) is 13.8 Å². The van der Waals surface area contributed by atoms with Gasteiger partial charge in [-0.05, 0) is 29.6 Å². The Labute approximate surface area is 172 Å². The zero-order chi connectivity index (χ0) is 20.7. The van der Waals surface area contributed by atoms with Crippen LogP contribution in [-0.4, -0.2) is 34.6 Å². The first kappa shape index (κ1) is 18.3. The molecule has 150 valence electrons. The van der Waals surface area contributed by atoms with Crippen LogP contribution >= 0.6 is 11.3 Å². The zero-order valence-electron chi connectivity index (χ0n) is 15.5. The molecule has 8 nitrogen and oxygen atoms in total. The number of aryl methyl sites for hydroxylation is 1. The van der Waals surface area contributed by atoms with Crippen LogP contribution in [-0.2, 0) is 13.7 Å². The fourth-order valence-electron chi connectivity index (χ4n) is 2.95. The first-order valence-corrected chi connectivity index (χ1v) is 9.69.